The van der Waals surface area contributed by atoms with Gasteiger partial charge in [0.15, 0.2) is 0 Å². The fourth-order valence-corrected chi connectivity index (χ4v) is 1.66. The molecule has 0 amide bonds. The second kappa shape index (κ2) is 4.37. The molecule has 0 bridgehead atoms. The van der Waals surface area contributed by atoms with Crippen LogP contribution in [0.1, 0.15) is 30.4 Å². The highest BCUT2D eigenvalue weighted by Gasteiger charge is 2.11. The molecule has 0 saturated heterocycles. The second-order valence-corrected chi connectivity index (χ2v) is 3.99. The average molecular weight is 231 g/mol. The van der Waals surface area contributed by atoms with Crippen LogP contribution in [0.5, 0.6) is 0 Å². The van der Waals surface area contributed by atoms with Crippen LogP contribution in [0.15, 0.2) is 30.6 Å². The minimum absolute atomic E-state index is 0.0407. The normalized spacial score (nSPS) is 10.8. The SMILES string of the molecule is CC(C)n1nccc1-c1ccnc(C(=O)O)c1. The third-order valence-corrected chi connectivity index (χ3v) is 2.43. The van der Waals surface area contributed by atoms with Gasteiger partial charge in [-0.25, -0.2) is 9.78 Å². The van der Waals surface area contributed by atoms with Crippen molar-refractivity contribution in [2.45, 2.75) is 19.9 Å². The standard InChI is InChI=1S/C12H13N3O2/c1-8(2)15-11(4-6-14-15)9-3-5-13-10(7-9)12(16)17/h3-8H,1-2H3,(H,16,17). The van der Waals surface area contributed by atoms with Crippen LogP contribution in [-0.2, 0) is 0 Å². The zero-order valence-electron chi connectivity index (χ0n) is 9.66. The van der Waals surface area contributed by atoms with E-state index in [0.29, 0.717) is 0 Å². The number of hydrogen-bond donors (Lipinski definition) is 1. The van der Waals surface area contributed by atoms with Gasteiger partial charge in [-0.2, -0.15) is 5.10 Å². The lowest BCUT2D eigenvalue weighted by Crippen LogP contribution is -2.05. The van der Waals surface area contributed by atoms with Crippen molar-refractivity contribution in [2.75, 3.05) is 0 Å². The Hall–Kier alpha value is -2.17. The number of carboxylic acid groups (broad SMARTS) is 1. The molecule has 17 heavy (non-hydrogen) atoms. The number of pyridine rings is 1. The van der Waals surface area contributed by atoms with Crippen LogP contribution < -0.4 is 0 Å². The molecule has 2 aromatic rings. The Balaban J connectivity index is 2.49. The molecular formula is C12H13N3O2. The number of nitrogens with zero attached hydrogens (tertiary/aromatic N) is 3. The zero-order chi connectivity index (χ0) is 12.4. The summed E-state index contributed by atoms with van der Waals surface area (Å²) >= 11 is 0. The molecule has 0 saturated carbocycles. The summed E-state index contributed by atoms with van der Waals surface area (Å²) in [5.74, 6) is -1.03. The van der Waals surface area contributed by atoms with Crippen LogP contribution in [-0.4, -0.2) is 25.8 Å². The predicted octanol–water partition coefficient (Wildman–Crippen LogP) is 2.22. The molecule has 1 N–H and O–H groups in total. The molecule has 5 nitrogen and oxygen atoms in total. The van der Waals surface area contributed by atoms with Crippen LogP contribution in [0, 0.1) is 0 Å². The van der Waals surface area contributed by atoms with Crippen LogP contribution in [0.4, 0.5) is 0 Å². The molecular weight excluding hydrogens is 218 g/mol. The molecule has 2 heterocycles. The van der Waals surface area contributed by atoms with E-state index < -0.39 is 5.97 Å². The van der Waals surface area contributed by atoms with Crippen molar-refractivity contribution in [2.24, 2.45) is 0 Å². The smallest absolute Gasteiger partial charge is 0.354 e. The molecule has 0 aromatic carbocycles. The fraction of sp³-hybridized carbons (Fsp3) is 0.250. The van der Waals surface area contributed by atoms with Gasteiger partial charge >= 0.3 is 5.97 Å². The average Bonchev–Trinajstić information content (AvgIpc) is 2.78. The first-order chi connectivity index (χ1) is 8.09. The molecule has 0 spiro atoms. The minimum atomic E-state index is -1.03. The number of rotatable bonds is 3. The fourth-order valence-electron chi connectivity index (χ4n) is 1.66. The molecule has 0 fully saturated rings. The Morgan fingerprint density at radius 3 is 2.76 bits per heavy atom. The first-order valence-corrected chi connectivity index (χ1v) is 5.33. The van der Waals surface area contributed by atoms with E-state index in [1.807, 2.05) is 24.6 Å². The molecule has 2 aromatic heterocycles. The van der Waals surface area contributed by atoms with E-state index in [2.05, 4.69) is 10.1 Å². The van der Waals surface area contributed by atoms with Crippen LogP contribution in [0.2, 0.25) is 0 Å². The van der Waals surface area contributed by atoms with Crippen LogP contribution in [0.25, 0.3) is 11.3 Å². The van der Waals surface area contributed by atoms with Crippen LogP contribution >= 0.6 is 0 Å². The molecule has 88 valence electrons. The third-order valence-electron chi connectivity index (χ3n) is 2.43. The molecule has 0 unspecified atom stereocenters. The molecule has 0 aliphatic rings. The van der Waals surface area contributed by atoms with Crippen molar-refractivity contribution in [3.8, 4) is 11.3 Å². The van der Waals surface area contributed by atoms with E-state index in [-0.39, 0.29) is 11.7 Å². The van der Waals surface area contributed by atoms with Gasteiger partial charge in [0, 0.05) is 24.0 Å². The van der Waals surface area contributed by atoms with Gasteiger partial charge in [0.25, 0.3) is 0 Å². The summed E-state index contributed by atoms with van der Waals surface area (Å²) in [4.78, 5) is 14.7. The monoisotopic (exact) mass is 231 g/mol. The van der Waals surface area contributed by atoms with E-state index in [1.54, 1.807) is 18.3 Å². The summed E-state index contributed by atoms with van der Waals surface area (Å²) in [5.41, 5.74) is 1.74. The predicted molar refractivity (Wildman–Crippen MR) is 62.8 cm³/mol. The quantitative estimate of drug-likeness (QED) is 0.879. The van der Waals surface area contributed by atoms with Gasteiger partial charge in [-0.05, 0) is 32.0 Å². The number of aromatic nitrogens is 3. The molecule has 0 atom stereocenters. The molecule has 0 aliphatic carbocycles. The number of aromatic carboxylic acids is 1. The summed E-state index contributed by atoms with van der Waals surface area (Å²) in [6, 6.07) is 5.42. The Morgan fingerprint density at radius 2 is 2.12 bits per heavy atom. The number of hydrogen-bond acceptors (Lipinski definition) is 3. The maximum atomic E-state index is 10.9. The topological polar surface area (TPSA) is 68.0 Å². The first-order valence-electron chi connectivity index (χ1n) is 5.33. The molecule has 5 heteroatoms. The van der Waals surface area contributed by atoms with Gasteiger partial charge in [-0.1, -0.05) is 0 Å². The van der Waals surface area contributed by atoms with E-state index in [4.69, 9.17) is 5.11 Å². The third kappa shape index (κ3) is 2.18. The number of carboxylic acids is 1. The minimum Gasteiger partial charge on any atom is -0.477 e. The van der Waals surface area contributed by atoms with Gasteiger partial charge in [-0.15, -0.1) is 0 Å². The molecule has 0 aliphatic heterocycles. The Morgan fingerprint density at radius 1 is 1.35 bits per heavy atom. The van der Waals surface area contributed by atoms with Gasteiger partial charge in [0.05, 0.1) is 5.69 Å². The van der Waals surface area contributed by atoms with Gasteiger partial charge in [0.1, 0.15) is 5.69 Å². The van der Waals surface area contributed by atoms with Crippen molar-refractivity contribution < 1.29 is 9.90 Å². The van der Waals surface area contributed by atoms with E-state index in [9.17, 15) is 4.79 Å². The van der Waals surface area contributed by atoms with Crippen LogP contribution in [0.3, 0.4) is 0 Å². The zero-order valence-corrected chi connectivity index (χ0v) is 9.66. The highest BCUT2D eigenvalue weighted by molar-refractivity contribution is 5.86. The molecule has 2 rings (SSSR count). The largest absolute Gasteiger partial charge is 0.477 e. The molecule has 0 radical (unpaired) electrons. The van der Waals surface area contributed by atoms with E-state index in [0.717, 1.165) is 11.3 Å². The van der Waals surface area contributed by atoms with Crippen molar-refractivity contribution in [1.82, 2.24) is 14.8 Å². The van der Waals surface area contributed by atoms with Gasteiger partial charge < -0.3 is 5.11 Å². The maximum absolute atomic E-state index is 10.9. The summed E-state index contributed by atoms with van der Waals surface area (Å²) in [5, 5.41) is 13.1. The summed E-state index contributed by atoms with van der Waals surface area (Å²) in [7, 11) is 0. The van der Waals surface area contributed by atoms with Gasteiger partial charge in [-0.3, -0.25) is 4.68 Å². The van der Waals surface area contributed by atoms with Crippen molar-refractivity contribution in [3.05, 3.63) is 36.3 Å². The van der Waals surface area contributed by atoms with Crippen molar-refractivity contribution >= 4 is 5.97 Å². The number of carbonyl (C=O) groups is 1. The Bertz CT molecular complexity index is 546. The van der Waals surface area contributed by atoms with Crippen molar-refractivity contribution in [3.63, 3.8) is 0 Å². The summed E-state index contributed by atoms with van der Waals surface area (Å²) in [6.45, 7) is 4.05. The van der Waals surface area contributed by atoms with E-state index in [1.165, 1.54) is 6.20 Å². The summed E-state index contributed by atoms with van der Waals surface area (Å²) in [6.07, 6.45) is 3.20. The van der Waals surface area contributed by atoms with Crippen molar-refractivity contribution in [1.29, 1.82) is 0 Å². The first kappa shape index (κ1) is 11.3. The maximum Gasteiger partial charge on any atom is 0.354 e. The Kier molecular flexibility index (Phi) is 2.91. The lowest BCUT2D eigenvalue weighted by molar-refractivity contribution is 0.0690. The lowest BCUT2D eigenvalue weighted by Gasteiger charge is -2.11. The lowest BCUT2D eigenvalue weighted by atomic mass is 10.1. The highest BCUT2D eigenvalue weighted by Crippen LogP contribution is 2.22. The highest BCUT2D eigenvalue weighted by atomic mass is 16.4. The summed E-state index contributed by atoms with van der Waals surface area (Å²) < 4.78 is 1.85. The second-order valence-electron chi connectivity index (χ2n) is 3.99. The Labute approximate surface area is 98.7 Å². The van der Waals surface area contributed by atoms with Gasteiger partial charge in [0.2, 0.25) is 0 Å². The van der Waals surface area contributed by atoms with E-state index >= 15 is 0 Å².